The fourth-order valence-corrected chi connectivity index (χ4v) is 1.63. The topological polar surface area (TPSA) is 39.2 Å². The Balaban J connectivity index is 2.93. The Labute approximate surface area is 101 Å². The summed E-state index contributed by atoms with van der Waals surface area (Å²) in [5, 5.41) is 0.907. The van der Waals surface area contributed by atoms with Gasteiger partial charge < -0.3 is 4.74 Å². The summed E-state index contributed by atoms with van der Waals surface area (Å²) in [5.74, 6) is -0.315. The number of carbonyl (C=O) groups excluding carboxylic acids is 1. The maximum atomic E-state index is 11.8. The molecule has 0 saturated heterocycles. The van der Waals surface area contributed by atoms with E-state index in [0.717, 1.165) is 5.03 Å². The Kier molecular flexibility index (Phi) is 3.97. The number of hydrogen-bond donors (Lipinski definition) is 0. The van der Waals surface area contributed by atoms with E-state index in [9.17, 15) is 4.79 Å². The van der Waals surface area contributed by atoms with Crippen molar-refractivity contribution in [3.8, 4) is 0 Å². The van der Waals surface area contributed by atoms with Gasteiger partial charge in [-0.2, -0.15) is 0 Å². The van der Waals surface area contributed by atoms with Crippen LogP contribution in [0.1, 0.15) is 36.8 Å². The number of carbonyl (C=O) groups is 1. The second-order valence-electron chi connectivity index (χ2n) is 4.49. The van der Waals surface area contributed by atoms with E-state index < -0.39 is 5.60 Å². The van der Waals surface area contributed by atoms with Gasteiger partial charge in [0.2, 0.25) is 0 Å². The second-order valence-corrected chi connectivity index (χ2v) is 5.32. The predicted molar refractivity (Wildman–Crippen MR) is 65.9 cm³/mol. The zero-order valence-corrected chi connectivity index (χ0v) is 11.1. The molecular formula is C12H17NO2S. The first-order valence-corrected chi connectivity index (χ1v) is 6.31. The van der Waals surface area contributed by atoms with Gasteiger partial charge in [0.1, 0.15) is 5.60 Å². The monoisotopic (exact) mass is 239 g/mol. The number of esters is 1. The Hall–Kier alpha value is -1.03. The molecule has 0 N–H and O–H groups in total. The lowest BCUT2D eigenvalue weighted by atomic mass is 10.1. The number of aromatic nitrogens is 1. The first-order chi connectivity index (χ1) is 7.33. The van der Waals surface area contributed by atoms with Crippen LogP contribution in [0.5, 0.6) is 0 Å². The number of ether oxygens (including phenoxy) is 1. The van der Waals surface area contributed by atoms with E-state index in [-0.39, 0.29) is 5.97 Å². The van der Waals surface area contributed by atoms with Gasteiger partial charge in [-0.25, -0.2) is 9.78 Å². The molecule has 0 amide bonds. The summed E-state index contributed by atoms with van der Waals surface area (Å²) >= 11 is 1.55. The first kappa shape index (κ1) is 13.0. The maximum absolute atomic E-state index is 11.8. The maximum Gasteiger partial charge on any atom is 0.340 e. The van der Waals surface area contributed by atoms with Crippen molar-refractivity contribution in [2.45, 2.75) is 38.3 Å². The van der Waals surface area contributed by atoms with E-state index >= 15 is 0 Å². The average Bonchev–Trinajstić information content (AvgIpc) is 2.14. The van der Waals surface area contributed by atoms with Crippen LogP contribution < -0.4 is 0 Å². The second kappa shape index (κ2) is 4.87. The van der Waals surface area contributed by atoms with Crippen LogP contribution >= 0.6 is 11.8 Å². The molecule has 0 bridgehead atoms. The highest BCUT2D eigenvalue weighted by Crippen LogP contribution is 2.17. The molecule has 0 aliphatic heterocycles. The van der Waals surface area contributed by atoms with Crippen LogP contribution in [0.15, 0.2) is 17.2 Å². The SMILES string of the molecule is CSc1ccc(C(=O)OC(C)(C)C)c(C)n1. The average molecular weight is 239 g/mol. The molecule has 0 radical (unpaired) electrons. The summed E-state index contributed by atoms with van der Waals surface area (Å²) in [5.41, 5.74) is 0.774. The Morgan fingerprint density at radius 3 is 2.44 bits per heavy atom. The summed E-state index contributed by atoms with van der Waals surface area (Å²) in [6.45, 7) is 7.37. The van der Waals surface area contributed by atoms with Crippen LogP contribution in [0.4, 0.5) is 0 Å². The third kappa shape index (κ3) is 3.52. The molecule has 1 heterocycles. The van der Waals surface area contributed by atoms with Crippen molar-refractivity contribution in [1.29, 1.82) is 0 Å². The van der Waals surface area contributed by atoms with Crippen LogP contribution in [-0.4, -0.2) is 22.8 Å². The summed E-state index contributed by atoms with van der Waals surface area (Å²) in [7, 11) is 0. The minimum Gasteiger partial charge on any atom is -0.456 e. The van der Waals surface area contributed by atoms with Gasteiger partial charge in [-0.05, 0) is 46.1 Å². The lowest BCUT2D eigenvalue weighted by molar-refractivity contribution is 0.00681. The molecule has 3 nitrogen and oxygen atoms in total. The van der Waals surface area contributed by atoms with Crippen molar-refractivity contribution in [1.82, 2.24) is 4.98 Å². The van der Waals surface area contributed by atoms with Crippen LogP contribution in [-0.2, 0) is 4.74 Å². The molecule has 0 aliphatic carbocycles. The van der Waals surface area contributed by atoms with E-state index in [0.29, 0.717) is 11.3 Å². The smallest absolute Gasteiger partial charge is 0.340 e. The van der Waals surface area contributed by atoms with Gasteiger partial charge in [-0.15, -0.1) is 11.8 Å². The zero-order valence-electron chi connectivity index (χ0n) is 10.3. The predicted octanol–water partition coefficient (Wildman–Crippen LogP) is 3.07. The first-order valence-electron chi connectivity index (χ1n) is 5.08. The lowest BCUT2D eigenvalue weighted by Gasteiger charge is -2.20. The molecule has 0 aromatic carbocycles. The Morgan fingerprint density at radius 1 is 1.38 bits per heavy atom. The van der Waals surface area contributed by atoms with Crippen LogP contribution in [0.25, 0.3) is 0 Å². The summed E-state index contributed by atoms with van der Waals surface area (Å²) in [6.07, 6.45) is 1.95. The van der Waals surface area contributed by atoms with Crippen molar-refractivity contribution >= 4 is 17.7 Å². The fraction of sp³-hybridized carbons (Fsp3) is 0.500. The highest BCUT2D eigenvalue weighted by Gasteiger charge is 2.19. The molecule has 0 unspecified atom stereocenters. The van der Waals surface area contributed by atoms with Crippen molar-refractivity contribution in [3.63, 3.8) is 0 Å². The fourth-order valence-electron chi connectivity index (χ4n) is 1.20. The minimum atomic E-state index is -0.471. The van der Waals surface area contributed by atoms with Crippen LogP contribution in [0.2, 0.25) is 0 Å². The number of pyridine rings is 1. The molecule has 0 fully saturated rings. The highest BCUT2D eigenvalue weighted by molar-refractivity contribution is 7.98. The van der Waals surface area contributed by atoms with Gasteiger partial charge in [0.15, 0.2) is 0 Å². The number of aryl methyl sites for hydroxylation is 1. The summed E-state index contributed by atoms with van der Waals surface area (Å²) < 4.78 is 5.29. The van der Waals surface area contributed by atoms with E-state index in [1.54, 1.807) is 17.8 Å². The number of hydrogen-bond acceptors (Lipinski definition) is 4. The van der Waals surface area contributed by atoms with Crippen LogP contribution in [0, 0.1) is 6.92 Å². The summed E-state index contributed by atoms with van der Waals surface area (Å²) in [6, 6.07) is 3.60. The minimum absolute atomic E-state index is 0.315. The quantitative estimate of drug-likeness (QED) is 0.587. The van der Waals surface area contributed by atoms with Gasteiger partial charge in [-0.3, -0.25) is 0 Å². The lowest BCUT2D eigenvalue weighted by Crippen LogP contribution is -2.24. The van der Waals surface area contributed by atoms with Gasteiger partial charge in [-0.1, -0.05) is 0 Å². The van der Waals surface area contributed by atoms with Gasteiger partial charge >= 0.3 is 5.97 Å². The summed E-state index contributed by atoms with van der Waals surface area (Å²) in [4.78, 5) is 16.1. The van der Waals surface area contributed by atoms with E-state index in [1.807, 2.05) is 40.0 Å². The molecule has 1 rings (SSSR count). The number of thioether (sulfide) groups is 1. The third-order valence-electron chi connectivity index (χ3n) is 1.89. The van der Waals surface area contributed by atoms with Crippen molar-refractivity contribution in [2.75, 3.05) is 6.26 Å². The van der Waals surface area contributed by atoms with Crippen molar-refractivity contribution in [2.24, 2.45) is 0 Å². The Morgan fingerprint density at radius 2 is 2.00 bits per heavy atom. The molecule has 4 heteroatoms. The number of nitrogens with zero attached hydrogens (tertiary/aromatic N) is 1. The molecule has 0 spiro atoms. The van der Waals surface area contributed by atoms with Crippen molar-refractivity contribution < 1.29 is 9.53 Å². The molecule has 16 heavy (non-hydrogen) atoms. The third-order valence-corrected chi connectivity index (χ3v) is 2.53. The Bertz CT molecular complexity index is 396. The van der Waals surface area contributed by atoms with Gasteiger partial charge in [0, 0.05) is 0 Å². The molecule has 88 valence electrons. The highest BCUT2D eigenvalue weighted by atomic mass is 32.2. The standard InChI is InChI=1S/C12H17NO2S/c1-8-9(6-7-10(13-8)16-5)11(14)15-12(2,3)4/h6-7H,1-5H3. The van der Waals surface area contributed by atoms with Gasteiger partial charge in [0.05, 0.1) is 16.3 Å². The van der Waals surface area contributed by atoms with E-state index in [4.69, 9.17) is 4.74 Å². The van der Waals surface area contributed by atoms with Gasteiger partial charge in [0.25, 0.3) is 0 Å². The molecule has 1 aromatic rings. The van der Waals surface area contributed by atoms with Crippen LogP contribution in [0.3, 0.4) is 0 Å². The number of rotatable bonds is 2. The molecular weight excluding hydrogens is 222 g/mol. The molecule has 1 aromatic heterocycles. The molecule has 0 aliphatic rings. The molecule has 0 saturated carbocycles. The normalized spacial score (nSPS) is 11.3. The van der Waals surface area contributed by atoms with E-state index in [2.05, 4.69) is 4.98 Å². The van der Waals surface area contributed by atoms with E-state index in [1.165, 1.54) is 0 Å². The molecule has 0 atom stereocenters. The zero-order chi connectivity index (χ0) is 12.3. The largest absolute Gasteiger partial charge is 0.456 e. The van der Waals surface area contributed by atoms with Crippen molar-refractivity contribution in [3.05, 3.63) is 23.4 Å².